The van der Waals surface area contributed by atoms with Crippen molar-refractivity contribution in [1.82, 2.24) is 9.55 Å². The van der Waals surface area contributed by atoms with Crippen molar-refractivity contribution in [2.24, 2.45) is 0 Å². The highest BCUT2D eigenvalue weighted by Crippen LogP contribution is 2.20. The first-order valence-corrected chi connectivity index (χ1v) is 10.7. The molecular weight excluding hydrogens is 424 g/mol. The first-order valence-electron chi connectivity index (χ1n) is 10.7. The van der Waals surface area contributed by atoms with Gasteiger partial charge in [0.25, 0.3) is 11.5 Å². The number of nitrogens with zero attached hydrogens (tertiary/aromatic N) is 2. The lowest BCUT2D eigenvalue weighted by atomic mass is 10.2. The summed E-state index contributed by atoms with van der Waals surface area (Å²) in [6, 6.07) is 16.1. The Morgan fingerprint density at radius 2 is 1.73 bits per heavy atom. The van der Waals surface area contributed by atoms with Crippen LogP contribution in [0.15, 0.2) is 64.2 Å². The van der Waals surface area contributed by atoms with Gasteiger partial charge in [0.1, 0.15) is 17.3 Å². The topological polar surface area (TPSA) is 120 Å². The van der Waals surface area contributed by atoms with Crippen LogP contribution in [0.25, 0.3) is 0 Å². The molecule has 174 valence electrons. The monoisotopic (exact) mass is 452 g/mol. The molecule has 0 radical (unpaired) electrons. The van der Waals surface area contributed by atoms with Crippen LogP contribution in [0.1, 0.15) is 25.3 Å². The number of H-pyrrole nitrogens is 1. The van der Waals surface area contributed by atoms with Crippen molar-refractivity contribution in [2.45, 2.75) is 26.3 Å². The average molecular weight is 453 g/mol. The van der Waals surface area contributed by atoms with Gasteiger partial charge in [0, 0.05) is 6.54 Å². The number of nitrogens with one attached hydrogen (secondary N) is 1. The van der Waals surface area contributed by atoms with Gasteiger partial charge in [-0.15, -0.1) is 0 Å². The molecule has 1 aromatic heterocycles. The van der Waals surface area contributed by atoms with E-state index in [0.717, 1.165) is 12.0 Å². The van der Waals surface area contributed by atoms with E-state index in [1.165, 1.54) is 9.47 Å². The van der Waals surface area contributed by atoms with Gasteiger partial charge in [0.15, 0.2) is 12.3 Å². The number of nitrogen functional groups attached to an aromatic ring is 1. The zero-order valence-electron chi connectivity index (χ0n) is 18.7. The number of carbonyl (C=O) groups is 1. The van der Waals surface area contributed by atoms with Crippen molar-refractivity contribution in [3.63, 3.8) is 0 Å². The number of ether oxygens (including phenoxy) is 2. The first kappa shape index (κ1) is 23.6. The fraction of sp³-hybridized carbons (Fsp3) is 0.292. The average Bonchev–Trinajstić information content (AvgIpc) is 2.83. The van der Waals surface area contributed by atoms with E-state index in [9.17, 15) is 14.4 Å². The van der Waals surface area contributed by atoms with Crippen molar-refractivity contribution >= 4 is 17.4 Å². The summed E-state index contributed by atoms with van der Waals surface area (Å²) in [5, 5.41) is 0. The Hall–Kier alpha value is -4.01. The van der Waals surface area contributed by atoms with E-state index in [4.69, 9.17) is 15.2 Å². The second-order valence-corrected chi connectivity index (χ2v) is 7.43. The quantitative estimate of drug-likeness (QED) is 0.487. The molecule has 1 heterocycles. The minimum atomic E-state index is -0.712. The van der Waals surface area contributed by atoms with E-state index in [1.807, 2.05) is 37.3 Å². The van der Waals surface area contributed by atoms with Crippen LogP contribution in [0.5, 0.6) is 11.5 Å². The summed E-state index contributed by atoms with van der Waals surface area (Å²) in [7, 11) is 1.56. The van der Waals surface area contributed by atoms with Crippen molar-refractivity contribution in [2.75, 3.05) is 30.9 Å². The van der Waals surface area contributed by atoms with Crippen molar-refractivity contribution in [3.05, 3.63) is 81.0 Å². The minimum Gasteiger partial charge on any atom is -0.497 e. The lowest BCUT2D eigenvalue weighted by Crippen LogP contribution is -2.43. The molecule has 3 N–H and O–H groups in total. The maximum Gasteiger partial charge on any atom is 0.330 e. The number of aromatic amines is 1. The van der Waals surface area contributed by atoms with Crippen molar-refractivity contribution < 1.29 is 14.3 Å². The molecule has 0 aliphatic rings. The Kier molecular flexibility index (Phi) is 7.91. The largest absolute Gasteiger partial charge is 0.497 e. The number of carbonyl (C=O) groups excluding carboxylic acids is 1. The maximum atomic E-state index is 13.1. The van der Waals surface area contributed by atoms with Gasteiger partial charge in [-0.05, 0) is 36.2 Å². The smallest absolute Gasteiger partial charge is 0.330 e. The maximum absolute atomic E-state index is 13.1. The van der Waals surface area contributed by atoms with Crippen LogP contribution in [0.2, 0.25) is 0 Å². The molecule has 0 spiro atoms. The highest BCUT2D eigenvalue weighted by atomic mass is 16.5. The number of hydrogen-bond donors (Lipinski definition) is 2. The highest BCUT2D eigenvalue weighted by Gasteiger charge is 2.24. The summed E-state index contributed by atoms with van der Waals surface area (Å²) in [5.74, 6) is 0.636. The van der Waals surface area contributed by atoms with Gasteiger partial charge < -0.3 is 20.1 Å². The second-order valence-electron chi connectivity index (χ2n) is 7.43. The summed E-state index contributed by atoms with van der Waals surface area (Å²) < 4.78 is 12.0. The molecule has 33 heavy (non-hydrogen) atoms. The molecule has 9 heteroatoms. The predicted molar refractivity (Wildman–Crippen MR) is 127 cm³/mol. The number of nitrogens with two attached hydrogens (primary N) is 1. The molecule has 0 aliphatic carbocycles. The molecule has 9 nitrogen and oxygen atoms in total. The molecular formula is C24H28N4O5. The highest BCUT2D eigenvalue weighted by molar-refractivity contribution is 5.96. The normalized spacial score (nSPS) is 10.6. The third-order valence-electron chi connectivity index (χ3n) is 5.13. The molecule has 0 atom stereocenters. The fourth-order valence-electron chi connectivity index (χ4n) is 3.33. The Balaban J connectivity index is 1.90. The number of amides is 1. The molecule has 0 saturated heterocycles. The van der Waals surface area contributed by atoms with Crippen LogP contribution in [0.3, 0.4) is 0 Å². The number of rotatable bonds is 10. The van der Waals surface area contributed by atoms with E-state index in [-0.39, 0.29) is 31.2 Å². The Bertz CT molecular complexity index is 1190. The van der Waals surface area contributed by atoms with Gasteiger partial charge in [0.2, 0.25) is 0 Å². The predicted octanol–water partition coefficient (Wildman–Crippen LogP) is 2.39. The summed E-state index contributed by atoms with van der Waals surface area (Å²) in [5.41, 5.74) is 5.71. The molecule has 0 aliphatic heterocycles. The van der Waals surface area contributed by atoms with Crippen LogP contribution in [0, 0.1) is 0 Å². The number of aromatic nitrogens is 2. The van der Waals surface area contributed by atoms with Gasteiger partial charge in [-0.1, -0.05) is 43.7 Å². The Morgan fingerprint density at radius 3 is 2.36 bits per heavy atom. The van der Waals surface area contributed by atoms with E-state index < -0.39 is 17.2 Å². The van der Waals surface area contributed by atoms with E-state index in [0.29, 0.717) is 17.9 Å². The van der Waals surface area contributed by atoms with Gasteiger partial charge in [-0.25, -0.2) is 4.79 Å². The van der Waals surface area contributed by atoms with Crippen LogP contribution in [0.4, 0.5) is 11.5 Å². The minimum absolute atomic E-state index is 0.0534. The zero-order chi connectivity index (χ0) is 23.8. The third kappa shape index (κ3) is 5.82. The zero-order valence-corrected chi connectivity index (χ0v) is 18.7. The fourth-order valence-corrected chi connectivity index (χ4v) is 3.33. The van der Waals surface area contributed by atoms with Crippen molar-refractivity contribution in [3.8, 4) is 11.5 Å². The summed E-state index contributed by atoms with van der Waals surface area (Å²) in [6.45, 7) is 2.10. The van der Waals surface area contributed by atoms with E-state index >= 15 is 0 Å². The third-order valence-corrected chi connectivity index (χ3v) is 5.13. The Morgan fingerprint density at radius 1 is 1.06 bits per heavy atom. The van der Waals surface area contributed by atoms with Gasteiger partial charge in [-0.2, -0.15) is 0 Å². The molecule has 3 rings (SSSR count). The summed E-state index contributed by atoms with van der Waals surface area (Å²) >= 11 is 0. The van der Waals surface area contributed by atoms with Gasteiger partial charge >= 0.3 is 5.69 Å². The van der Waals surface area contributed by atoms with Crippen LogP contribution < -0.4 is 31.4 Å². The second kappa shape index (κ2) is 11.0. The summed E-state index contributed by atoms with van der Waals surface area (Å²) in [4.78, 5) is 41.9. The molecule has 0 saturated carbocycles. The summed E-state index contributed by atoms with van der Waals surface area (Å²) in [6.07, 6.45) is 1.44. The molecule has 2 aromatic carbocycles. The molecule has 3 aromatic rings. The first-order chi connectivity index (χ1) is 15.9. The SMILES string of the molecule is CCCCN(C(=O)COc1ccc(OC)cc1)c1c(N)n(Cc2ccccc2)c(=O)[nH]c1=O. The Labute approximate surface area is 191 Å². The molecule has 0 unspecified atom stereocenters. The molecule has 0 bridgehead atoms. The molecule has 0 fully saturated rings. The number of unbranched alkanes of at least 4 members (excludes halogenated alkanes) is 1. The van der Waals surface area contributed by atoms with Crippen LogP contribution in [-0.4, -0.2) is 35.7 Å². The lowest BCUT2D eigenvalue weighted by Gasteiger charge is -2.24. The van der Waals surface area contributed by atoms with Gasteiger partial charge in [-0.3, -0.25) is 19.1 Å². The lowest BCUT2D eigenvalue weighted by molar-refractivity contribution is -0.120. The van der Waals surface area contributed by atoms with Crippen LogP contribution >= 0.6 is 0 Å². The van der Waals surface area contributed by atoms with Crippen LogP contribution in [-0.2, 0) is 11.3 Å². The number of benzene rings is 2. The van der Waals surface area contributed by atoms with Gasteiger partial charge in [0.05, 0.1) is 13.7 Å². The van der Waals surface area contributed by atoms with Crippen molar-refractivity contribution in [1.29, 1.82) is 0 Å². The standard InChI is InChI=1S/C24H28N4O5/c1-3-4-14-27(20(29)16-33-19-12-10-18(32-2)11-13-19)21-22(25)28(24(31)26-23(21)30)15-17-8-6-5-7-9-17/h5-13H,3-4,14-16,25H2,1-2H3,(H,26,30,31). The number of anilines is 2. The molecule has 1 amide bonds. The number of hydrogen-bond acceptors (Lipinski definition) is 6. The van der Waals surface area contributed by atoms with E-state index in [2.05, 4.69) is 4.98 Å². The number of methoxy groups -OCH3 is 1. The van der Waals surface area contributed by atoms with E-state index in [1.54, 1.807) is 31.4 Å².